The molecule has 0 aliphatic carbocycles. The molecule has 2 aromatic carbocycles. The third-order valence-corrected chi connectivity index (χ3v) is 4.10. The number of ether oxygens (including phenoxy) is 1. The molecule has 138 valence electrons. The van der Waals surface area contributed by atoms with Gasteiger partial charge >= 0.3 is 0 Å². The first kappa shape index (κ1) is 20.0. The molecular formula is C20H23BrN2O3. The van der Waals surface area contributed by atoms with Gasteiger partial charge in [0, 0.05) is 10.0 Å². The summed E-state index contributed by atoms with van der Waals surface area (Å²) in [6.07, 6.45) is 0.0865. The minimum Gasteiger partial charge on any atom is -0.491 e. The predicted molar refractivity (Wildman–Crippen MR) is 105 cm³/mol. The van der Waals surface area contributed by atoms with Crippen LogP contribution in [0.2, 0.25) is 0 Å². The number of carbonyl (C=O) groups is 2. The number of hydrogen-bond acceptors (Lipinski definition) is 3. The number of carbonyl (C=O) groups excluding carboxylic acids is 2. The molecule has 1 atom stereocenters. The molecule has 1 unspecified atom stereocenters. The summed E-state index contributed by atoms with van der Waals surface area (Å²) >= 11 is 3.32. The summed E-state index contributed by atoms with van der Waals surface area (Å²) in [7, 11) is 0. The number of hydrogen-bond donors (Lipinski definition) is 2. The highest BCUT2D eigenvalue weighted by molar-refractivity contribution is 9.10. The van der Waals surface area contributed by atoms with Crippen molar-refractivity contribution in [2.24, 2.45) is 0 Å². The van der Waals surface area contributed by atoms with E-state index in [0.29, 0.717) is 5.56 Å². The Morgan fingerprint density at radius 2 is 1.81 bits per heavy atom. The highest BCUT2D eigenvalue weighted by atomic mass is 79.9. The van der Waals surface area contributed by atoms with Crippen molar-refractivity contribution in [1.82, 2.24) is 10.6 Å². The van der Waals surface area contributed by atoms with Crippen LogP contribution < -0.4 is 15.4 Å². The van der Waals surface area contributed by atoms with Gasteiger partial charge in [-0.25, -0.2) is 0 Å². The summed E-state index contributed by atoms with van der Waals surface area (Å²) < 4.78 is 6.49. The number of amides is 2. The fourth-order valence-electron chi connectivity index (χ4n) is 2.40. The molecule has 5 nitrogen and oxygen atoms in total. The molecule has 2 rings (SSSR count). The molecule has 0 heterocycles. The molecule has 0 saturated carbocycles. The van der Waals surface area contributed by atoms with Crippen LogP contribution in [0.25, 0.3) is 0 Å². The van der Waals surface area contributed by atoms with Crippen molar-refractivity contribution in [2.75, 3.05) is 6.54 Å². The van der Waals surface area contributed by atoms with E-state index in [-0.39, 0.29) is 30.5 Å². The Morgan fingerprint density at radius 3 is 2.50 bits per heavy atom. The fraction of sp³-hybridized carbons (Fsp3) is 0.300. The van der Waals surface area contributed by atoms with Gasteiger partial charge in [0.05, 0.1) is 18.7 Å². The molecular weight excluding hydrogens is 396 g/mol. The second kappa shape index (κ2) is 9.38. The van der Waals surface area contributed by atoms with E-state index in [9.17, 15) is 9.59 Å². The van der Waals surface area contributed by atoms with Gasteiger partial charge in [-0.15, -0.1) is 0 Å². The third-order valence-electron chi connectivity index (χ3n) is 3.60. The summed E-state index contributed by atoms with van der Waals surface area (Å²) in [6.45, 7) is 5.73. The number of rotatable bonds is 7. The topological polar surface area (TPSA) is 67.4 Å². The molecule has 0 bridgehead atoms. The summed E-state index contributed by atoms with van der Waals surface area (Å²) in [6, 6.07) is 14.4. The lowest BCUT2D eigenvalue weighted by Crippen LogP contribution is -2.38. The molecule has 6 heteroatoms. The highest BCUT2D eigenvalue weighted by Gasteiger charge is 2.12. The van der Waals surface area contributed by atoms with Crippen molar-refractivity contribution in [2.45, 2.75) is 32.9 Å². The minimum atomic E-state index is -0.290. The van der Waals surface area contributed by atoms with Crippen LogP contribution >= 0.6 is 15.9 Å². The van der Waals surface area contributed by atoms with Gasteiger partial charge in [0.25, 0.3) is 5.91 Å². The van der Waals surface area contributed by atoms with Crippen molar-refractivity contribution in [3.05, 3.63) is 64.1 Å². The van der Waals surface area contributed by atoms with E-state index in [2.05, 4.69) is 26.6 Å². The Labute approximate surface area is 162 Å². The van der Waals surface area contributed by atoms with Crippen LogP contribution in [-0.2, 0) is 4.79 Å². The first-order valence-corrected chi connectivity index (χ1v) is 9.24. The average molecular weight is 419 g/mol. The van der Waals surface area contributed by atoms with Gasteiger partial charge in [0.1, 0.15) is 5.75 Å². The van der Waals surface area contributed by atoms with Gasteiger partial charge in [-0.05, 0) is 56.7 Å². The zero-order valence-corrected chi connectivity index (χ0v) is 16.7. The molecule has 0 aliphatic heterocycles. The van der Waals surface area contributed by atoms with Gasteiger partial charge in [-0.2, -0.15) is 0 Å². The summed E-state index contributed by atoms with van der Waals surface area (Å²) in [5.74, 6) is 0.221. The van der Waals surface area contributed by atoms with Crippen molar-refractivity contribution >= 4 is 27.7 Å². The van der Waals surface area contributed by atoms with Crippen LogP contribution in [0, 0.1) is 0 Å². The third kappa shape index (κ3) is 6.19. The normalized spacial score (nSPS) is 11.7. The second-order valence-electron chi connectivity index (χ2n) is 6.22. The lowest BCUT2D eigenvalue weighted by atomic mass is 10.1. The predicted octanol–water partition coefficient (Wildman–Crippen LogP) is 3.84. The van der Waals surface area contributed by atoms with Gasteiger partial charge in [0.2, 0.25) is 5.91 Å². The van der Waals surface area contributed by atoms with Crippen LogP contribution in [0.15, 0.2) is 53.0 Å². The molecule has 0 spiro atoms. The van der Waals surface area contributed by atoms with Crippen molar-refractivity contribution in [3.63, 3.8) is 0 Å². The number of halogens is 1. The van der Waals surface area contributed by atoms with Crippen LogP contribution in [0.3, 0.4) is 0 Å². The van der Waals surface area contributed by atoms with Crippen molar-refractivity contribution in [1.29, 1.82) is 0 Å². The molecule has 0 aliphatic rings. The molecule has 2 aromatic rings. The Hall–Kier alpha value is -2.34. The van der Waals surface area contributed by atoms with Crippen LogP contribution in [-0.4, -0.2) is 24.5 Å². The maximum absolute atomic E-state index is 12.1. The first-order valence-electron chi connectivity index (χ1n) is 8.45. The quantitative estimate of drug-likeness (QED) is 0.717. The Balaban J connectivity index is 1.88. The largest absolute Gasteiger partial charge is 0.491 e. The Kier molecular flexibility index (Phi) is 7.21. The zero-order chi connectivity index (χ0) is 19.1. The van der Waals surface area contributed by atoms with E-state index in [1.165, 1.54) is 0 Å². The Bertz CT molecular complexity index is 777. The number of benzene rings is 2. The summed E-state index contributed by atoms with van der Waals surface area (Å²) in [5.41, 5.74) is 1.44. The molecule has 26 heavy (non-hydrogen) atoms. The van der Waals surface area contributed by atoms with Crippen LogP contribution in [0.4, 0.5) is 0 Å². The Morgan fingerprint density at radius 1 is 1.08 bits per heavy atom. The average Bonchev–Trinajstić information content (AvgIpc) is 2.59. The minimum absolute atomic E-state index is 0.0854. The van der Waals surface area contributed by atoms with Gasteiger partial charge in [-0.1, -0.05) is 34.1 Å². The molecule has 0 aromatic heterocycles. The lowest BCUT2D eigenvalue weighted by Gasteiger charge is -2.17. The molecule has 2 N–H and O–H groups in total. The number of nitrogens with one attached hydrogen (secondary N) is 2. The van der Waals surface area contributed by atoms with Gasteiger partial charge in [0.15, 0.2) is 0 Å². The van der Waals surface area contributed by atoms with E-state index in [4.69, 9.17) is 4.74 Å². The molecule has 0 fully saturated rings. The van der Waals surface area contributed by atoms with E-state index >= 15 is 0 Å². The molecule has 0 radical (unpaired) electrons. The van der Waals surface area contributed by atoms with Gasteiger partial charge < -0.3 is 15.4 Å². The first-order chi connectivity index (χ1) is 12.3. The lowest BCUT2D eigenvalue weighted by molar-refractivity contribution is -0.120. The van der Waals surface area contributed by atoms with Crippen molar-refractivity contribution in [3.8, 4) is 5.75 Å². The molecule has 0 saturated heterocycles. The fourth-order valence-corrected chi connectivity index (χ4v) is 2.80. The smallest absolute Gasteiger partial charge is 0.251 e. The summed E-state index contributed by atoms with van der Waals surface area (Å²) in [4.78, 5) is 24.2. The van der Waals surface area contributed by atoms with Crippen LogP contribution in [0.5, 0.6) is 5.75 Å². The monoisotopic (exact) mass is 418 g/mol. The maximum Gasteiger partial charge on any atom is 0.251 e. The standard InChI is InChI=1S/C20H23BrN2O3/c1-13(2)26-18-9-5-6-15(11-18)14(3)23-19(24)12-22-20(25)16-7-4-8-17(21)10-16/h4-11,13-14H,12H2,1-3H3,(H,22,25)(H,23,24). The van der Waals surface area contributed by atoms with Crippen molar-refractivity contribution < 1.29 is 14.3 Å². The van der Waals surface area contributed by atoms with Gasteiger partial charge in [-0.3, -0.25) is 9.59 Å². The molecule has 2 amide bonds. The maximum atomic E-state index is 12.1. The zero-order valence-electron chi connectivity index (χ0n) is 15.1. The van der Waals surface area contributed by atoms with Crippen LogP contribution in [0.1, 0.15) is 42.7 Å². The summed E-state index contributed by atoms with van der Waals surface area (Å²) in [5, 5.41) is 5.50. The van der Waals surface area contributed by atoms with E-state index in [1.54, 1.807) is 18.2 Å². The van der Waals surface area contributed by atoms with E-state index < -0.39 is 0 Å². The van der Waals surface area contributed by atoms with E-state index in [1.807, 2.05) is 51.1 Å². The van der Waals surface area contributed by atoms with E-state index in [0.717, 1.165) is 15.8 Å². The highest BCUT2D eigenvalue weighted by Crippen LogP contribution is 2.20. The second-order valence-corrected chi connectivity index (χ2v) is 7.14. The SMILES string of the molecule is CC(C)Oc1cccc(C(C)NC(=O)CNC(=O)c2cccc(Br)c2)c1.